The third-order valence-electron chi connectivity index (χ3n) is 3.10. The lowest BCUT2D eigenvalue weighted by atomic mass is 10.0. The molecule has 2 fully saturated rings. The average Bonchev–Trinajstić information content (AvgIpc) is 2.98. The van der Waals surface area contributed by atoms with Crippen LogP contribution < -0.4 is 5.43 Å². The van der Waals surface area contributed by atoms with Crippen molar-refractivity contribution in [2.24, 2.45) is 5.41 Å². The Morgan fingerprint density at radius 2 is 2.07 bits per heavy atom. The largest absolute Gasteiger partial charge is 0.379 e. The summed E-state index contributed by atoms with van der Waals surface area (Å²) >= 11 is 0. The standard InChI is InChI=1S/C10H17N3O/c11-4-3-10(1-2-10)9-12-13-5-7-14-8-6-13/h12H,1-3,5-9H2. The highest BCUT2D eigenvalue weighted by molar-refractivity contribution is 5.00. The Labute approximate surface area is 84.8 Å². The summed E-state index contributed by atoms with van der Waals surface area (Å²) in [5.74, 6) is 0. The lowest BCUT2D eigenvalue weighted by Gasteiger charge is -2.28. The quantitative estimate of drug-likeness (QED) is 0.710. The molecule has 0 aromatic carbocycles. The van der Waals surface area contributed by atoms with E-state index in [2.05, 4.69) is 16.5 Å². The second kappa shape index (κ2) is 4.26. The summed E-state index contributed by atoms with van der Waals surface area (Å²) in [6.45, 7) is 4.52. The summed E-state index contributed by atoms with van der Waals surface area (Å²) in [5.41, 5.74) is 3.71. The predicted octanol–water partition coefficient (Wildman–Crippen LogP) is 0.517. The summed E-state index contributed by atoms with van der Waals surface area (Å²) in [4.78, 5) is 0. The van der Waals surface area contributed by atoms with Crippen LogP contribution in [0.3, 0.4) is 0 Å². The fourth-order valence-corrected chi connectivity index (χ4v) is 1.76. The second-order valence-electron chi connectivity index (χ2n) is 4.27. The minimum absolute atomic E-state index is 0.299. The molecule has 2 rings (SSSR count). The Morgan fingerprint density at radius 3 is 2.64 bits per heavy atom. The molecule has 1 N–H and O–H groups in total. The van der Waals surface area contributed by atoms with E-state index in [-0.39, 0.29) is 0 Å². The van der Waals surface area contributed by atoms with E-state index in [9.17, 15) is 0 Å². The zero-order valence-corrected chi connectivity index (χ0v) is 8.46. The average molecular weight is 195 g/mol. The monoisotopic (exact) mass is 195 g/mol. The van der Waals surface area contributed by atoms with Crippen LogP contribution in [0.15, 0.2) is 0 Å². The number of nitriles is 1. The molecular formula is C10H17N3O. The van der Waals surface area contributed by atoms with E-state index < -0.39 is 0 Å². The number of ether oxygens (including phenoxy) is 1. The molecule has 78 valence electrons. The van der Waals surface area contributed by atoms with Gasteiger partial charge in [-0.2, -0.15) is 5.26 Å². The highest BCUT2D eigenvalue weighted by Crippen LogP contribution is 2.47. The van der Waals surface area contributed by atoms with E-state index >= 15 is 0 Å². The summed E-state index contributed by atoms with van der Waals surface area (Å²) in [6.07, 6.45) is 3.11. The van der Waals surface area contributed by atoms with Crippen molar-refractivity contribution in [3.05, 3.63) is 0 Å². The fourth-order valence-electron chi connectivity index (χ4n) is 1.76. The SMILES string of the molecule is N#CCC1(CNN2CCOCC2)CC1. The molecule has 1 saturated carbocycles. The maximum Gasteiger partial charge on any atom is 0.0628 e. The third kappa shape index (κ3) is 2.44. The zero-order valence-electron chi connectivity index (χ0n) is 8.46. The molecule has 0 aromatic heterocycles. The molecule has 0 radical (unpaired) electrons. The van der Waals surface area contributed by atoms with E-state index in [0.29, 0.717) is 11.8 Å². The minimum Gasteiger partial charge on any atom is -0.379 e. The van der Waals surface area contributed by atoms with Crippen molar-refractivity contribution in [1.82, 2.24) is 10.4 Å². The molecular weight excluding hydrogens is 178 g/mol. The summed E-state index contributed by atoms with van der Waals surface area (Å²) in [5, 5.41) is 10.9. The molecule has 1 aliphatic carbocycles. The molecule has 1 saturated heterocycles. The van der Waals surface area contributed by atoms with Crippen LogP contribution in [-0.2, 0) is 4.74 Å². The summed E-state index contributed by atoms with van der Waals surface area (Å²) in [6, 6.07) is 2.27. The van der Waals surface area contributed by atoms with Gasteiger partial charge in [-0.25, -0.2) is 5.01 Å². The minimum atomic E-state index is 0.299. The van der Waals surface area contributed by atoms with E-state index in [1.807, 2.05) is 0 Å². The summed E-state index contributed by atoms with van der Waals surface area (Å²) in [7, 11) is 0. The Balaban J connectivity index is 1.69. The Hall–Kier alpha value is -0.630. The number of morpholine rings is 1. The van der Waals surface area contributed by atoms with E-state index in [1.54, 1.807) is 0 Å². The van der Waals surface area contributed by atoms with Gasteiger partial charge in [-0.3, -0.25) is 5.43 Å². The normalized spacial score (nSPS) is 25.6. The van der Waals surface area contributed by atoms with Crippen molar-refractivity contribution >= 4 is 0 Å². The highest BCUT2D eigenvalue weighted by Gasteiger charge is 2.42. The van der Waals surface area contributed by atoms with Crippen molar-refractivity contribution in [2.45, 2.75) is 19.3 Å². The molecule has 14 heavy (non-hydrogen) atoms. The van der Waals surface area contributed by atoms with Gasteiger partial charge in [0.2, 0.25) is 0 Å². The first kappa shape index (κ1) is 9.91. The first-order chi connectivity index (χ1) is 6.85. The Morgan fingerprint density at radius 1 is 1.36 bits per heavy atom. The Bertz CT molecular complexity index is 226. The van der Waals surface area contributed by atoms with Crippen LogP contribution in [-0.4, -0.2) is 37.9 Å². The fraction of sp³-hybridized carbons (Fsp3) is 0.900. The van der Waals surface area contributed by atoms with Crippen molar-refractivity contribution in [3.8, 4) is 6.07 Å². The Kier molecular flexibility index (Phi) is 3.02. The molecule has 2 aliphatic rings. The van der Waals surface area contributed by atoms with Gasteiger partial charge < -0.3 is 4.74 Å². The molecule has 0 atom stereocenters. The van der Waals surface area contributed by atoms with E-state index in [1.165, 1.54) is 12.8 Å². The highest BCUT2D eigenvalue weighted by atomic mass is 16.5. The van der Waals surface area contributed by atoms with Crippen LogP contribution in [0, 0.1) is 16.7 Å². The lowest BCUT2D eigenvalue weighted by molar-refractivity contribution is 0.00854. The molecule has 0 unspecified atom stereocenters. The van der Waals surface area contributed by atoms with Gasteiger partial charge in [-0.15, -0.1) is 0 Å². The van der Waals surface area contributed by atoms with Crippen LogP contribution in [0.5, 0.6) is 0 Å². The summed E-state index contributed by atoms with van der Waals surface area (Å²) < 4.78 is 5.26. The van der Waals surface area contributed by atoms with Gasteiger partial charge in [0.1, 0.15) is 0 Å². The zero-order chi connectivity index (χ0) is 9.86. The lowest BCUT2D eigenvalue weighted by Crippen LogP contribution is -2.47. The van der Waals surface area contributed by atoms with Gasteiger partial charge in [-0.05, 0) is 18.3 Å². The van der Waals surface area contributed by atoms with Gasteiger partial charge in [-0.1, -0.05) is 0 Å². The van der Waals surface area contributed by atoms with Gasteiger partial charge in [0.25, 0.3) is 0 Å². The predicted molar refractivity (Wildman–Crippen MR) is 52.3 cm³/mol. The number of nitrogens with one attached hydrogen (secondary N) is 1. The van der Waals surface area contributed by atoms with Crippen LogP contribution in [0.25, 0.3) is 0 Å². The van der Waals surface area contributed by atoms with E-state index in [0.717, 1.165) is 32.8 Å². The second-order valence-corrected chi connectivity index (χ2v) is 4.27. The number of rotatable bonds is 4. The van der Waals surface area contributed by atoms with Gasteiger partial charge in [0, 0.05) is 26.1 Å². The van der Waals surface area contributed by atoms with Gasteiger partial charge in [0.05, 0.1) is 19.3 Å². The van der Waals surface area contributed by atoms with Crippen LogP contribution in [0.1, 0.15) is 19.3 Å². The van der Waals surface area contributed by atoms with Gasteiger partial charge in [0.15, 0.2) is 0 Å². The molecule has 0 aromatic rings. The molecule has 1 aliphatic heterocycles. The van der Waals surface area contributed by atoms with Crippen LogP contribution in [0.4, 0.5) is 0 Å². The van der Waals surface area contributed by atoms with Gasteiger partial charge >= 0.3 is 0 Å². The van der Waals surface area contributed by atoms with Crippen molar-refractivity contribution in [2.75, 3.05) is 32.8 Å². The first-order valence-corrected chi connectivity index (χ1v) is 5.28. The number of nitrogens with zero attached hydrogens (tertiary/aromatic N) is 2. The van der Waals surface area contributed by atoms with E-state index in [4.69, 9.17) is 10.00 Å². The third-order valence-corrected chi connectivity index (χ3v) is 3.10. The smallest absolute Gasteiger partial charge is 0.0628 e. The molecule has 0 spiro atoms. The molecule has 1 heterocycles. The van der Waals surface area contributed by atoms with Crippen molar-refractivity contribution < 1.29 is 4.74 Å². The molecule has 4 heteroatoms. The number of hydrogen-bond donors (Lipinski definition) is 1. The molecule has 4 nitrogen and oxygen atoms in total. The maximum absolute atomic E-state index is 8.67. The van der Waals surface area contributed by atoms with Crippen LogP contribution in [0.2, 0.25) is 0 Å². The molecule has 0 bridgehead atoms. The topological polar surface area (TPSA) is 48.3 Å². The number of hydrazine groups is 1. The number of hydrogen-bond acceptors (Lipinski definition) is 4. The maximum atomic E-state index is 8.67. The molecule has 0 amide bonds. The first-order valence-electron chi connectivity index (χ1n) is 5.28. The van der Waals surface area contributed by atoms with Crippen LogP contribution >= 0.6 is 0 Å². The van der Waals surface area contributed by atoms with Crippen molar-refractivity contribution in [1.29, 1.82) is 5.26 Å². The van der Waals surface area contributed by atoms with Crippen molar-refractivity contribution in [3.63, 3.8) is 0 Å².